The Morgan fingerprint density at radius 3 is 2.42 bits per heavy atom. The van der Waals surface area contributed by atoms with Crippen molar-refractivity contribution in [3.05, 3.63) is 56.7 Å². The topological polar surface area (TPSA) is 26.0 Å². The van der Waals surface area contributed by atoms with Gasteiger partial charge in [0.1, 0.15) is 0 Å². The summed E-state index contributed by atoms with van der Waals surface area (Å²) in [6.07, 6.45) is 1.13. The van der Waals surface area contributed by atoms with Crippen molar-refractivity contribution < 1.29 is 0 Å². The fourth-order valence-electron chi connectivity index (χ4n) is 2.54. The van der Waals surface area contributed by atoms with Crippen LogP contribution in [0.5, 0.6) is 0 Å². The molecule has 102 valence electrons. The van der Waals surface area contributed by atoms with Crippen LogP contribution in [0.1, 0.15) is 43.4 Å². The Balaban J connectivity index is 2.36. The molecular weight excluding hydrogens is 318 g/mol. The minimum absolute atomic E-state index is 0.0398. The van der Waals surface area contributed by atoms with E-state index in [1.165, 1.54) is 11.1 Å². The predicted octanol–water partition coefficient (Wildman–Crippen LogP) is 5.34. The van der Waals surface area contributed by atoms with Crippen molar-refractivity contribution in [2.75, 3.05) is 0 Å². The van der Waals surface area contributed by atoms with E-state index in [1.54, 1.807) is 11.3 Å². The van der Waals surface area contributed by atoms with Gasteiger partial charge in [0.15, 0.2) is 0 Å². The second-order valence-electron chi connectivity index (χ2n) is 5.02. The Kier molecular flexibility index (Phi) is 5.20. The van der Waals surface area contributed by atoms with Crippen molar-refractivity contribution in [3.63, 3.8) is 0 Å². The van der Waals surface area contributed by atoms with Crippen LogP contribution < -0.4 is 5.73 Å². The van der Waals surface area contributed by atoms with Crippen LogP contribution in [-0.2, 0) is 0 Å². The molecule has 0 bridgehead atoms. The number of benzene rings is 1. The Hall–Kier alpha value is -0.640. The van der Waals surface area contributed by atoms with Crippen LogP contribution in [0.25, 0.3) is 0 Å². The van der Waals surface area contributed by atoms with Gasteiger partial charge in [0, 0.05) is 21.8 Å². The van der Waals surface area contributed by atoms with Gasteiger partial charge in [-0.3, -0.25) is 0 Å². The van der Waals surface area contributed by atoms with E-state index in [0.717, 1.165) is 10.9 Å². The van der Waals surface area contributed by atoms with Crippen molar-refractivity contribution in [2.24, 2.45) is 11.7 Å². The molecule has 0 spiro atoms. The fraction of sp³-hybridized carbons (Fsp3) is 0.375. The van der Waals surface area contributed by atoms with Crippen LogP contribution in [0.15, 0.2) is 45.6 Å². The molecule has 0 amide bonds. The van der Waals surface area contributed by atoms with Crippen molar-refractivity contribution >= 4 is 27.3 Å². The molecule has 2 N–H and O–H groups in total. The molecule has 0 aliphatic rings. The number of hydrogen-bond donors (Lipinski definition) is 1. The zero-order valence-electron chi connectivity index (χ0n) is 11.3. The van der Waals surface area contributed by atoms with Gasteiger partial charge in [-0.05, 0) is 38.4 Å². The highest BCUT2D eigenvalue weighted by atomic mass is 79.9. The molecular formula is C16H20BrNS. The van der Waals surface area contributed by atoms with Crippen LogP contribution >= 0.6 is 27.3 Å². The lowest BCUT2D eigenvalue weighted by Gasteiger charge is -2.29. The van der Waals surface area contributed by atoms with Gasteiger partial charge in [-0.2, -0.15) is 11.3 Å². The van der Waals surface area contributed by atoms with Crippen LogP contribution in [0, 0.1) is 5.92 Å². The Bertz CT molecular complexity index is 508. The number of rotatable bonds is 5. The lowest BCUT2D eigenvalue weighted by atomic mass is 9.78. The molecule has 0 aliphatic heterocycles. The molecule has 1 nitrogen and oxygen atoms in total. The number of thiophene rings is 1. The van der Waals surface area contributed by atoms with Crippen LogP contribution in [0.2, 0.25) is 0 Å². The third-order valence-corrected chi connectivity index (χ3v) is 5.58. The van der Waals surface area contributed by atoms with E-state index < -0.39 is 0 Å². The van der Waals surface area contributed by atoms with E-state index >= 15 is 0 Å². The molecule has 0 aliphatic carbocycles. The monoisotopic (exact) mass is 337 g/mol. The molecule has 0 saturated carbocycles. The highest BCUT2D eigenvalue weighted by molar-refractivity contribution is 9.10. The first-order valence-corrected chi connectivity index (χ1v) is 8.40. The minimum atomic E-state index is 0.0398. The molecule has 0 saturated heterocycles. The highest BCUT2D eigenvalue weighted by Crippen LogP contribution is 2.40. The maximum absolute atomic E-state index is 6.57. The normalized spacial score (nSPS) is 16.0. The van der Waals surface area contributed by atoms with E-state index in [-0.39, 0.29) is 6.04 Å². The quantitative estimate of drug-likeness (QED) is 0.782. The van der Waals surface area contributed by atoms with Crippen molar-refractivity contribution in [2.45, 2.75) is 32.2 Å². The zero-order chi connectivity index (χ0) is 13.8. The standard InChI is InChI=1S/C16H20BrNS/c1-3-11(2)15(12-7-5-4-6-8-12)16(18)13-9-19-10-14(13)17/h4-11,15-16H,3,18H2,1-2H3. The zero-order valence-corrected chi connectivity index (χ0v) is 13.7. The first-order chi connectivity index (χ1) is 9.15. The predicted molar refractivity (Wildman–Crippen MR) is 87.6 cm³/mol. The summed E-state index contributed by atoms with van der Waals surface area (Å²) in [6.45, 7) is 4.52. The smallest absolute Gasteiger partial charge is 0.0386 e. The number of hydrogen-bond acceptors (Lipinski definition) is 2. The van der Waals surface area contributed by atoms with E-state index in [2.05, 4.69) is 70.9 Å². The fourth-order valence-corrected chi connectivity index (χ4v) is 4.15. The molecule has 2 rings (SSSR count). The SMILES string of the molecule is CCC(C)C(c1ccccc1)C(N)c1cscc1Br. The molecule has 3 heteroatoms. The van der Waals surface area contributed by atoms with Gasteiger partial charge in [0.05, 0.1) is 0 Å². The van der Waals surface area contributed by atoms with Gasteiger partial charge in [-0.1, -0.05) is 50.6 Å². The maximum Gasteiger partial charge on any atom is 0.0386 e. The van der Waals surface area contributed by atoms with E-state index in [9.17, 15) is 0 Å². The van der Waals surface area contributed by atoms with Crippen LogP contribution in [0.3, 0.4) is 0 Å². The second kappa shape index (κ2) is 6.69. The maximum atomic E-state index is 6.57. The Morgan fingerprint density at radius 1 is 1.21 bits per heavy atom. The summed E-state index contributed by atoms with van der Waals surface area (Å²) in [5.41, 5.74) is 9.13. The number of nitrogens with two attached hydrogens (primary N) is 1. The van der Waals surface area contributed by atoms with Gasteiger partial charge < -0.3 is 5.73 Å². The van der Waals surface area contributed by atoms with Crippen LogP contribution in [0.4, 0.5) is 0 Å². The van der Waals surface area contributed by atoms with Gasteiger partial charge in [0.25, 0.3) is 0 Å². The molecule has 3 unspecified atom stereocenters. The molecule has 0 radical (unpaired) electrons. The summed E-state index contributed by atoms with van der Waals surface area (Å²) in [6, 6.07) is 10.7. The first kappa shape index (κ1) is 14.8. The molecule has 1 aromatic carbocycles. The van der Waals surface area contributed by atoms with E-state index in [1.807, 2.05) is 0 Å². The molecule has 1 heterocycles. The average molecular weight is 338 g/mol. The van der Waals surface area contributed by atoms with Crippen molar-refractivity contribution in [1.82, 2.24) is 0 Å². The lowest BCUT2D eigenvalue weighted by Crippen LogP contribution is -2.24. The minimum Gasteiger partial charge on any atom is -0.323 e. The van der Waals surface area contributed by atoms with Gasteiger partial charge in [-0.15, -0.1) is 0 Å². The Morgan fingerprint density at radius 2 is 1.89 bits per heavy atom. The summed E-state index contributed by atoms with van der Waals surface area (Å²) in [5, 5.41) is 4.26. The van der Waals surface area contributed by atoms with E-state index in [4.69, 9.17) is 5.73 Å². The van der Waals surface area contributed by atoms with Crippen molar-refractivity contribution in [3.8, 4) is 0 Å². The molecule has 1 aromatic heterocycles. The summed E-state index contributed by atoms with van der Waals surface area (Å²) in [4.78, 5) is 0. The molecule has 19 heavy (non-hydrogen) atoms. The van der Waals surface area contributed by atoms with E-state index in [0.29, 0.717) is 11.8 Å². The molecule has 0 fully saturated rings. The largest absolute Gasteiger partial charge is 0.323 e. The second-order valence-corrected chi connectivity index (χ2v) is 6.62. The third kappa shape index (κ3) is 3.28. The Labute approximate surface area is 128 Å². The number of halogens is 1. The average Bonchev–Trinajstić information content (AvgIpc) is 2.86. The molecule has 2 aromatic rings. The first-order valence-electron chi connectivity index (χ1n) is 6.67. The summed E-state index contributed by atoms with van der Waals surface area (Å²) < 4.78 is 1.13. The van der Waals surface area contributed by atoms with Crippen LogP contribution in [-0.4, -0.2) is 0 Å². The lowest BCUT2D eigenvalue weighted by molar-refractivity contribution is 0.387. The summed E-state index contributed by atoms with van der Waals surface area (Å²) in [7, 11) is 0. The highest BCUT2D eigenvalue weighted by Gasteiger charge is 2.27. The van der Waals surface area contributed by atoms with Gasteiger partial charge >= 0.3 is 0 Å². The molecule has 3 atom stereocenters. The van der Waals surface area contributed by atoms with Gasteiger partial charge in [0.2, 0.25) is 0 Å². The summed E-state index contributed by atoms with van der Waals surface area (Å²) >= 11 is 5.31. The van der Waals surface area contributed by atoms with Crippen molar-refractivity contribution in [1.29, 1.82) is 0 Å². The van der Waals surface area contributed by atoms with Gasteiger partial charge in [-0.25, -0.2) is 0 Å². The third-order valence-electron chi connectivity index (χ3n) is 3.83. The summed E-state index contributed by atoms with van der Waals surface area (Å²) in [5.74, 6) is 0.918.